The molecule has 0 fully saturated rings. The van der Waals surface area contributed by atoms with E-state index in [0.29, 0.717) is 5.92 Å². The molecule has 2 aromatic rings. The number of rotatable bonds is 4. The van der Waals surface area contributed by atoms with Gasteiger partial charge in [-0.25, -0.2) is 0 Å². The van der Waals surface area contributed by atoms with Crippen molar-refractivity contribution in [1.29, 1.82) is 0 Å². The fourth-order valence-electron chi connectivity index (χ4n) is 3.40. The van der Waals surface area contributed by atoms with E-state index in [1.54, 1.807) is 7.11 Å². The number of methoxy groups -OCH3 is 1. The second-order valence-corrected chi connectivity index (χ2v) is 5.71. The molecule has 2 nitrogen and oxygen atoms in total. The van der Waals surface area contributed by atoms with Gasteiger partial charge in [-0.2, -0.15) is 0 Å². The van der Waals surface area contributed by atoms with Crippen LogP contribution in [0.15, 0.2) is 42.5 Å². The van der Waals surface area contributed by atoms with Gasteiger partial charge in [0.25, 0.3) is 0 Å². The molecule has 0 aliphatic heterocycles. The molecule has 0 saturated carbocycles. The molecule has 0 bridgehead atoms. The smallest absolute Gasteiger partial charge is 0.119 e. The van der Waals surface area contributed by atoms with E-state index < -0.39 is 0 Å². The fraction of sp³-hybridized carbons (Fsp3) is 0.368. The van der Waals surface area contributed by atoms with Crippen LogP contribution in [-0.2, 0) is 12.8 Å². The van der Waals surface area contributed by atoms with Gasteiger partial charge in [0.15, 0.2) is 0 Å². The molecule has 110 valence electrons. The Hall–Kier alpha value is -1.80. The SMILES string of the molecule is CNCCC1c2ccccc2CCc2cc(OC)ccc21. The van der Waals surface area contributed by atoms with Crippen molar-refractivity contribution in [1.82, 2.24) is 5.32 Å². The molecule has 3 rings (SSSR count). The first-order valence-corrected chi connectivity index (χ1v) is 7.72. The molecular weight excluding hydrogens is 258 g/mol. The van der Waals surface area contributed by atoms with Gasteiger partial charge in [0.2, 0.25) is 0 Å². The molecule has 2 aromatic carbocycles. The van der Waals surface area contributed by atoms with Crippen molar-refractivity contribution >= 4 is 0 Å². The van der Waals surface area contributed by atoms with Gasteiger partial charge in [0.1, 0.15) is 5.75 Å². The largest absolute Gasteiger partial charge is 0.497 e. The lowest BCUT2D eigenvalue weighted by Crippen LogP contribution is -2.14. The Balaban J connectivity index is 2.07. The number of hydrogen-bond acceptors (Lipinski definition) is 2. The van der Waals surface area contributed by atoms with Crippen LogP contribution in [0.3, 0.4) is 0 Å². The quantitative estimate of drug-likeness (QED) is 0.925. The van der Waals surface area contributed by atoms with Gasteiger partial charge in [-0.15, -0.1) is 0 Å². The van der Waals surface area contributed by atoms with Crippen molar-refractivity contribution in [2.24, 2.45) is 0 Å². The minimum absolute atomic E-state index is 0.483. The van der Waals surface area contributed by atoms with Crippen LogP contribution in [0.1, 0.15) is 34.6 Å². The fourth-order valence-corrected chi connectivity index (χ4v) is 3.40. The van der Waals surface area contributed by atoms with Crippen molar-refractivity contribution in [2.45, 2.75) is 25.2 Å². The Morgan fingerprint density at radius 3 is 2.62 bits per heavy atom. The average Bonchev–Trinajstić information content (AvgIpc) is 2.69. The molecule has 0 heterocycles. The van der Waals surface area contributed by atoms with E-state index in [1.807, 2.05) is 7.05 Å². The third-order valence-corrected chi connectivity index (χ3v) is 4.50. The first kappa shape index (κ1) is 14.2. The van der Waals surface area contributed by atoms with Gasteiger partial charge in [-0.3, -0.25) is 0 Å². The van der Waals surface area contributed by atoms with E-state index in [0.717, 1.165) is 31.6 Å². The van der Waals surface area contributed by atoms with Crippen LogP contribution < -0.4 is 10.1 Å². The summed E-state index contributed by atoms with van der Waals surface area (Å²) in [6.07, 6.45) is 3.35. The van der Waals surface area contributed by atoms with Gasteiger partial charge in [0, 0.05) is 5.92 Å². The van der Waals surface area contributed by atoms with Crippen LogP contribution in [-0.4, -0.2) is 20.7 Å². The van der Waals surface area contributed by atoms with E-state index in [4.69, 9.17) is 4.74 Å². The Labute approximate surface area is 127 Å². The molecule has 1 atom stereocenters. The lowest BCUT2D eigenvalue weighted by Gasteiger charge is -2.20. The summed E-state index contributed by atoms with van der Waals surface area (Å²) in [5.41, 5.74) is 5.90. The van der Waals surface area contributed by atoms with E-state index in [1.165, 1.54) is 22.3 Å². The summed E-state index contributed by atoms with van der Waals surface area (Å²) in [5.74, 6) is 1.45. The molecule has 1 N–H and O–H groups in total. The van der Waals surface area contributed by atoms with Gasteiger partial charge in [-0.1, -0.05) is 30.3 Å². The zero-order valence-corrected chi connectivity index (χ0v) is 12.9. The minimum atomic E-state index is 0.483. The van der Waals surface area contributed by atoms with Crippen molar-refractivity contribution in [2.75, 3.05) is 20.7 Å². The second kappa shape index (κ2) is 6.31. The van der Waals surface area contributed by atoms with Crippen LogP contribution in [0, 0.1) is 0 Å². The van der Waals surface area contributed by atoms with Gasteiger partial charge < -0.3 is 10.1 Å². The number of aryl methyl sites for hydroxylation is 2. The molecule has 0 radical (unpaired) electrons. The zero-order chi connectivity index (χ0) is 14.7. The summed E-state index contributed by atoms with van der Waals surface area (Å²) in [6.45, 7) is 1.03. The number of ether oxygens (including phenoxy) is 1. The predicted octanol–water partition coefficient (Wildman–Crippen LogP) is 3.54. The van der Waals surface area contributed by atoms with Crippen molar-refractivity contribution in [3.63, 3.8) is 0 Å². The summed E-state index contributed by atoms with van der Waals surface area (Å²) < 4.78 is 5.40. The van der Waals surface area contributed by atoms with E-state index in [-0.39, 0.29) is 0 Å². The molecule has 2 heteroatoms. The van der Waals surface area contributed by atoms with E-state index in [9.17, 15) is 0 Å². The maximum absolute atomic E-state index is 5.40. The normalized spacial score (nSPS) is 16.8. The summed E-state index contributed by atoms with van der Waals surface area (Å²) in [5, 5.41) is 3.29. The third kappa shape index (κ3) is 2.81. The average molecular weight is 281 g/mol. The first-order valence-electron chi connectivity index (χ1n) is 7.72. The molecule has 0 spiro atoms. The van der Waals surface area contributed by atoms with Gasteiger partial charge in [-0.05, 0) is 67.2 Å². The number of hydrogen-bond donors (Lipinski definition) is 1. The molecule has 0 amide bonds. The van der Waals surface area contributed by atoms with E-state index >= 15 is 0 Å². The molecule has 21 heavy (non-hydrogen) atoms. The van der Waals surface area contributed by atoms with Crippen LogP contribution in [0.5, 0.6) is 5.75 Å². The monoisotopic (exact) mass is 281 g/mol. The summed E-state index contributed by atoms with van der Waals surface area (Å²) in [4.78, 5) is 0. The highest BCUT2D eigenvalue weighted by molar-refractivity contribution is 5.47. The zero-order valence-electron chi connectivity index (χ0n) is 12.9. The van der Waals surface area contributed by atoms with Crippen LogP contribution in [0.2, 0.25) is 0 Å². The van der Waals surface area contributed by atoms with Crippen molar-refractivity contribution in [3.05, 3.63) is 64.7 Å². The highest BCUT2D eigenvalue weighted by Crippen LogP contribution is 2.37. The lowest BCUT2D eigenvalue weighted by molar-refractivity contribution is 0.414. The summed E-state index contributed by atoms with van der Waals surface area (Å²) >= 11 is 0. The Morgan fingerprint density at radius 2 is 1.81 bits per heavy atom. The number of benzene rings is 2. The maximum Gasteiger partial charge on any atom is 0.119 e. The molecule has 1 unspecified atom stereocenters. The second-order valence-electron chi connectivity index (χ2n) is 5.71. The summed E-state index contributed by atoms with van der Waals surface area (Å²) in [7, 11) is 3.77. The maximum atomic E-state index is 5.40. The predicted molar refractivity (Wildman–Crippen MR) is 87.2 cm³/mol. The highest BCUT2D eigenvalue weighted by atomic mass is 16.5. The number of nitrogens with one attached hydrogen (secondary N) is 1. The molecule has 1 aliphatic rings. The topological polar surface area (TPSA) is 21.3 Å². The molecule has 0 aromatic heterocycles. The third-order valence-electron chi connectivity index (χ3n) is 4.50. The minimum Gasteiger partial charge on any atom is -0.497 e. The standard InChI is InChI=1S/C19H23NO/c1-20-12-11-19-17-6-4-3-5-14(17)7-8-15-13-16(21-2)9-10-18(15)19/h3-6,9-10,13,19-20H,7-8,11-12H2,1-2H3. The Bertz CT molecular complexity index is 621. The van der Waals surface area contributed by atoms with Crippen molar-refractivity contribution < 1.29 is 4.74 Å². The molecular formula is C19H23NO. The molecule has 0 saturated heterocycles. The first-order chi connectivity index (χ1) is 10.3. The van der Waals surface area contributed by atoms with Crippen LogP contribution >= 0.6 is 0 Å². The van der Waals surface area contributed by atoms with Crippen molar-refractivity contribution in [3.8, 4) is 5.75 Å². The van der Waals surface area contributed by atoms with Crippen LogP contribution in [0.25, 0.3) is 0 Å². The number of fused-ring (bicyclic) bond motifs is 2. The Morgan fingerprint density at radius 1 is 1.05 bits per heavy atom. The lowest BCUT2D eigenvalue weighted by atomic mass is 9.85. The van der Waals surface area contributed by atoms with E-state index in [2.05, 4.69) is 47.8 Å². The Kier molecular flexibility index (Phi) is 4.26. The molecule has 1 aliphatic carbocycles. The summed E-state index contributed by atoms with van der Waals surface area (Å²) in [6, 6.07) is 15.5. The van der Waals surface area contributed by atoms with Gasteiger partial charge >= 0.3 is 0 Å². The highest BCUT2D eigenvalue weighted by Gasteiger charge is 2.23. The van der Waals surface area contributed by atoms with Crippen LogP contribution in [0.4, 0.5) is 0 Å². The van der Waals surface area contributed by atoms with Gasteiger partial charge in [0.05, 0.1) is 7.11 Å².